The van der Waals surface area contributed by atoms with Crippen molar-refractivity contribution < 1.29 is 63.5 Å². The Kier molecular flexibility index (Phi) is 11.6. The molecule has 0 aliphatic rings. The van der Waals surface area contributed by atoms with Gasteiger partial charge in [-0.1, -0.05) is 0 Å². The zero-order valence-electron chi connectivity index (χ0n) is 4.56. The molecule has 1 rings (SSSR count). The van der Waals surface area contributed by atoms with Crippen LogP contribution in [0.2, 0.25) is 0 Å². The summed E-state index contributed by atoms with van der Waals surface area (Å²) < 4.78 is 4.33. The molecule has 0 saturated heterocycles. The Morgan fingerprint density at radius 3 is 1.57 bits per heavy atom. The van der Waals surface area contributed by atoms with Crippen LogP contribution >= 0.6 is 0 Å². The van der Waals surface area contributed by atoms with Gasteiger partial charge in [0, 0.05) is 0 Å². The zero-order chi connectivity index (χ0) is 3.54. The average Bonchev–Trinajstić information content (AvgIpc) is 1.76. The van der Waals surface area contributed by atoms with Crippen LogP contribution in [0.25, 0.3) is 0 Å². The molecule has 7 heavy (non-hydrogen) atoms. The summed E-state index contributed by atoms with van der Waals surface area (Å²) in [5, 5.41) is 0. The molecule has 3 heteroatoms. The van der Waals surface area contributed by atoms with Crippen molar-refractivity contribution in [2.24, 2.45) is 0 Å². The van der Waals surface area contributed by atoms with Gasteiger partial charge in [0.2, 0.25) is 0 Å². The second kappa shape index (κ2) is 7.28. The fourth-order valence-electron chi connectivity index (χ4n) is 0.170. The standard InChI is InChI=1S/C4H2O.2Na/c1-2-4-5-3-1;;/h1-2H;;/q-2;2*+1. The van der Waals surface area contributed by atoms with E-state index < -0.39 is 0 Å². The van der Waals surface area contributed by atoms with E-state index in [4.69, 9.17) is 0 Å². The summed E-state index contributed by atoms with van der Waals surface area (Å²) in [4.78, 5) is 0. The second-order valence-electron chi connectivity index (χ2n) is 0.671. The van der Waals surface area contributed by atoms with Crippen LogP contribution in [0.4, 0.5) is 0 Å². The number of rotatable bonds is 0. The Morgan fingerprint density at radius 2 is 1.43 bits per heavy atom. The van der Waals surface area contributed by atoms with Crippen LogP contribution in [0.5, 0.6) is 0 Å². The first-order chi connectivity index (χ1) is 2.50. The van der Waals surface area contributed by atoms with E-state index in [0.29, 0.717) is 0 Å². The molecule has 0 atom stereocenters. The summed E-state index contributed by atoms with van der Waals surface area (Å²) in [7, 11) is 0. The molecule has 0 bridgehead atoms. The SMILES string of the molecule is [Na+].[Na+].[c-]1cc[c-]o1. The Hall–Kier alpha value is 1.28. The van der Waals surface area contributed by atoms with E-state index in [1.54, 1.807) is 12.1 Å². The number of hydrogen-bond acceptors (Lipinski definition) is 1. The summed E-state index contributed by atoms with van der Waals surface area (Å²) in [6, 6.07) is 3.31. The van der Waals surface area contributed by atoms with Gasteiger partial charge in [0.15, 0.2) is 0 Å². The number of hydrogen-bond donors (Lipinski definition) is 0. The van der Waals surface area contributed by atoms with Crippen molar-refractivity contribution in [3.63, 3.8) is 0 Å². The van der Waals surface area contributed by atoms with Gasteiger partial charge in [0.1, 0.15) is 0 Å². The van der Waals surface area contributed by atoms with Crippen LogP contribution in [-0.4, -0.2) is 0 Å². The molecule has 0 spiro atoms. The third kappa shape index (κ3) is 5.15. The van der Waals surface area contributed by atoms with Crippen LogP contribution in [-0.2, 0) is 0 Å². The molecule has 0 unspecified atom stereocenters. The first-order valence-electron chi connectivity index (χ1n) is 1.32. The molecule has 0 aromatic carbocycles. The largest absolute Gasteiger partial charge is 1.00 e. The maximum absolute atomic E-state index is 4.33. The molecule has 0 fully saturated rings. The Morgan fingerprint density at radius 1 is 1.00 bits per heavy atom. The van der Waals surface area contributed by atoms with Gasteiger partial charge in [0.25, 0.3) is 0 Å². The van der Waals surface area contributed by atoms with Crippen molar-refractivity contribution in [2.75, 3.05) is 0 Å². The third-order valence-corrected chi connectivity index (χ3v) is 0.337. The molecular weight excluding hydrogens is 110 g/mol. The van der Waals surface area contributed by atoms with Gasteiger partial charge in [-0.05, 0) is 0 Å². The van der Waals surface area contributed by atoms with E-state index in [1.165, 1.54) is 0 Å². The molecule has 1 aromatic heterocycles. The van der Waals surface area contributed by atoms with Crippen LogP contribution in [0, 0.1) is 12.5 Å². The van der Waals surface area contributed by atoms with Crippen molar-refractivity contribution in [1.82, 2.24) is 0 Å². The maximum Gasteiger partial charge on any atom is 1.00 e. The second-order valence-corrected chi connectivity index (χ2v) is 0.671. The van der Waals surface area contributed by atoms with E-state index in [1.807, 2.05) is 0 Å². The van der Waals surface area contributed by atoms with Gasteiger partial charge in [0.05, 0.1) is 0 Å². The molecule has 0 amide bonds. The third-order valence-electron chi connectivity index (χ3n) is 0.337. The molecule has 1 nitrogen and oxygen atoms in total. The van der Waals surface area contributed by atoms with Crippen molar-refractivity contribution >= 4 is 0 Å². The van der Waals surface area contributed by atoms with E-state index in [-0.39, 0.29) is 59.1 Å². The molecule has 0 aliphatic heterocycles. The quantitative estimate of drug-likeness (QED) is 0.242. The van der Waals surface area contributed by atoms with Gasteiger partial charge in [-0.15, -0.1) is 0 Å². The van der Waals surface area contributed by atoms with Crippen LogP contribution < -0.4 is 59.1 Å². The minimum Gasteiger partial charge on any atom is -0.745 e. The molecule has 1 aromatic rings. The van der Waals surface area contributed by atoms with Crippen LogP contribution in [0.3, 0.4) is 0 Å². The van der Waals surface area contributed by atoms with Crippen LogP contribution in [0.1, 0.15) is 0 Å². The summed E-state index contributed by atoms with van der Waals surface area (Å²) in [5.74, 6) is 0. The fraction of sp³-hybridized carbons (Fsp3) is 0. The van der Waals surface area contributed by atoms with E-state index in [0.717, 1.165) is 0 Å². The summed E-state index contributed by atoms with van der Waals surface area (Å²) in [6.07, 6.45) is 4.86. The van der Waals surface area contributed by atoms with Crippen molar-refractivity contribution in [2.45, 2.75) is 0 Å². The van der Waals surface area contributed by atoms with Crippen molar-refractivity contribution in [1.29, 1.82) is 0 Å². The Balaban J connectivity index is 0. The van der Waals surface area contributed by atoms with Gasteiger partial charge in [-0.2, -0.15) is 6.26 Å². The molecule has 0 N–H and O–H groups in total. The molecule has 26 valence electrons. The van der Waals surface area contributed by atoms with Gasteiger partial charge < -0.3 is 10.5 Å². The molecule has 0 radical (unpaired) electrons. The van der Waals surface area contributed by atoms with Gasteiger partial charge >= 0.3 is 59.1 Å². The summed E-state index contributed by atoms with van der Waals surface area (Å²) in [6.45, 7) is 0. The number of furan rings is 1. The zero-order valence-corrected chi connectivity index (χ0v) is 8.56. The molecule has 1 heterocycles. The van der Waals surface area contributed by atoms with Crippen LogP contribution in [0.15, 0.2) is 16.5 Å². The fourth-order valence-corrected chi connectivity index (χ4v) is 0.170. The first-order valence-corrected chi connectivity index (χ1v) is 1.32. The smallest absolute Gasteiger partial charge is 0.745 e. The van der Waals surface area contributed by atoms with Gasteiger partial charge in [-0.3, -0.25) is 12.3 Å². The molecule has 0 aliphatic carbocycles. The Bertz CT molecular complexity index is 66.2. The average molecular weight is 112 g/mol. The van der Waals surface area contributed by atoms with Crippen molar-refractivity contribution in [3.8, 4) is 0 Å². The summed E-state index contributed by atoms with van der Waals surface area (Å²) in [5.41, 5.74) is 0. The van der Waals surface area contributed by atoms with Crippen molar-refractivity contribution in [3.05, 3.63) is 24.7 Å². The monoisotopic (exact) mass is 112 g/mol. The van der Waals surface area contributed by atoms with E-state index in [2.05, 4.69) is 16.9 Å². The minimum absolute atomic E-state index is 0. The first kappa shape index (κ1) is 11.1. The minimum atomic E-state index is 0. The normalized spacial score (nSPS) is 5.71. The van der Waals surface area contributed by atoms with Gasteiger partial charge in [-0.25, -0.2) is 0 Å². The molecule has 0 saturated carbocycles. The van der Waals surface area contributed by atoms with E-state index >= 15 is 0 Å². The van der Waals surface area contributed by atoms with E-state index in [9.17, 15) is 0 Å². The predicted molar refractivity (Wildman–Crippen MR) is 16.4 cm³/mol. The predicted octanol–water partition coefficient (Wildman–Crippen LogP) is -5.11. The maximum atomic E-state index is 4.33. The Labute approximate surface area is 87.1 Å². The molecular formula is C4H2Na2O. The summed E-state index contributed by atoms with van der Waals surface area (Å²) >= 11 is 0. The topological polar surface area (TPSA) is 13.1 Å².